The van der Waals surface area contributed by atoms with Crippen LogP contribution in [0.25, 0.3) is 0 Å². The highest BCUT2D eigenvalue weighted by Crippen LogP contribution is 2.29. The summed E-state index contributed by atoms with van der Waals surface area (Å²) in [5.74, 6) is 5.97. The minimum atomic E-state index is 0.187. The van der Waals surface area contributed by atoms with Crippen LogP contribution in [0, 0.1) is 0 Å². The third kappa shape index (κ3) is 2.61. The summed E-state index contributed by atoms with van der Waals surface area (Å²) in [4.78, 5) is 4.60. The van der Waals surface area contributed by atoms with Crippen LogP contribution in [0.3, 0.4) is 0 Å². The number of methoxy groups -OCH3 is 1. The van der Waals surface area contributed by atoms with Gasteiger partial charge in [0, 0.05) is 10.9 Å². The molecule has 0 amide bonds. The largest absolute Gasteiger partial charge is 0.496 e. The summed E-state index contributed by atoms with van der Waals surface area (Å²) in [5.41, 5.74) is 1.04. The second-order valence-corrected chi connectivity index (χ2v) is 3.56. The normalized spacial score (nSPS) is 12.6. The summed E-state index contributed by atoms with van der Waals surface area (Å²) in [6.07, 6.45) is 0. The summed E-state index contributed by atoms with van der Waals surface area (Å²) in [6.45, 7) is 2.47. The summed E-state index contributed by atoms with van der Waals surface area (Å²) in [5, 5.41) is 0.659. The van der Waals surface area contributed by atoms with Crippen LogP contribution in [-0.4, -0.2) is 13.7 Å². The van der Waals surface area contributed by atoms with Crippen molar-refractivity contribution in [2.45, 2.75) is 12.8 Å². The molecular weight excluding hydrogens is 202 g/mol. The Kier molecular flexibility index (Phi) is 4.20. The molecule has 0 aliphatic rings. The molecule has 1 rings (SSSR count). The Hall–Kier alpha value is -0.770. The smallest absolute Gasteiger partial charge is 0.123 e. The van der Waals surface area contributed by atoms with Gasteiger partial charge in [-0.3, -0.25) is 0 Å². The van der Waals surface area contributed by atoms with Crippen molar-refractivity contribution in [1.82, 2.24) is 0 Å². The highest BCUT2D eigenvalue weighted by atomic mass is 35.5. The standard InChI is InChI=1S/C10H14ClNO2/c1-7(6-14-12)9-4-3-8(11)5-10(9)13-2/h3-5,7H,6,12H2,1-2H3. The van der Waals surface area contributed by atoms with Gasteiger partial charge >= 0.3 is 0 Å². The third-order valence-corrected chi connectivity index (χ3v) is 2.31. The number of hydrogen-bond acceptors (Lipinski definition) is 3. The zero-order chi connectivity index (χ0) is 10.6. The second-order valence-electron chi connectivity index (χ2n) is 3.12. The summed E-state index contributed by atoms with van der Waals surface area (Å²) >= 11 is 5.84. The molecule has 0 saturated heterocycles. The number of benzene rings is 1. The highest BCUT2D eigenvalue weighted by molar-refractivity contribution is 6.30. The summed E-state index contributed by atoms with van der Waals surface area (Å²) in [7, 11) is 1.62. The van der Waals surface area contributed by atoms with Crippen LogP contribution in [0.15, 0.2) is 18.2 Å². The van der Waals surface area contributed by atoms with Crippen molar-refractivity contribution >= 4 is 11.6 Å². The van der Waals surface area contributed by atoms with Gasteiger partial charge < -0.3 is 9.57 Å². The zero-order valence-electron chi connectivity index (χ0n) is 8.29. The average Bonchev–Trinajstić information content (AvgIpc) is 2.17. The van der Waals surface area contributed by atoms with Crippen LogP contribution in [0.4, 0.5) is 0 Å². The molecule has 1 atom stereocenters. The van der Waals surface area contributed by atoms with E-state index >= 15 is 0 Å². The van der Waals surface area contributed by atoms with Gasteiger partial charge in [0.05, 0.1) is 13.7 Å². The molecule has 3 nitrogen and oxygen atoms in total. The number of nitrogens with two attached hydrogens (primary N) is 1. The number of halogens is 1. The summed E-state index contributed by atoms with van der Waals surface area (Å²) in [6, 6.07) is 5.53. The monoisotopic (exact) mass is 215 g/mol. The van der Waals surface area contributed by atoms with E-state index in [1.54, 1.807) is 13.2 Å². The zero-order valence-corrected chi connectivity index (χ0v) is 9.04. The van der Waals surface area contributed by atoms with Crippen LogP contribution in [0.1, 0.15) is 18.4 Å². The van der Waals surface area contributed by atoms with Gasteiger partial charge in [0.25, 0.3) is 0 Å². The SMILES string of the molecule is COc1cc(Cl)ccc1C(C)CON. The maximum Gasteiger partial charge on any atom is 0.123 e. The molecule has 0 aliphatic carbocycles. The minimum Gasteiger partial charge on any atom is -0.496 e. The molecule has 1 unspecified atom stereocenters. The van der Waals surface area contributed by atoms with Crippen molar-refractivity contribution in [3.8, 4) is 5.75 Å². The van der Waals surface area contributed by atoms with E-state index in [2.05, 4.69) is 4.84 Å². The van der Waals surface area contributed by atoms with Crippen LogP contribution >= 0.6 is 11.6 Å². The van der Waals surface area contributed by atoms with E-state index in [0.717, 1.165) is 11.3 Å². The van der Waals surface area contributed by atoms with Gasteiger partial charge in [0.2, 0.25) is 0 Å². The van der Waals surface area contributed by atoms with E-state index in [4.69, 9.17) is 22.2 Å². The van der Waals surface area contributed by atoms with Crippen LogP contribution in [0.2, 0.25) is 5.02 Å². The predicted molar refractivity (Wildman–Crippen MR) is 56.6 cm³/mol. The van der Waals surface area contributed by atoms with E-state index in [1.807, 2.05) is 19.1 Å². The topological polar surface area (TPSA) is 44.5 Å². The molecule has 0 aromatic heterocycles. The molecule has 14 heavy (non-hydrogen) atoms. The summed E-state index contributed by atoms with van der Waals surface area (Å²) < 4.78 is 5.21. The van der Waals surface area contributed by atoms with Gasteiger partial charge in [-0.1, -0.05) is 24.6 Å². The predicted octanol–water partition coefficient (Wildman–Crippen LogP) is 2.34. The lowest BCUT2D eigenvalue weighted by Crippen LogP contribution is -2.09. The maximum atomic E-state index is 5.84. The third-order valence-electron chi connectivity index (χ3n) is 2.07. The van der Waals surface area contributed by atoms with Crippen molar-refractivity contribution in [2.24, 2.45) is 5.90 Å². The molecule has 1 aromatic rings. The second kappa shape index (κ2) is 5.20. The fourth-order valence-corrected chi connectivity index (χ4v) is 1.49. The quantitative estimate of drug-likeness (QED) is 0.785. The Balaban J connectivity index is 2.95. The van der Waals surface area contributed by atoms with Gasteiger partial charge in [-0.2, -0.15) is 0 Å². The van der Waals surface area contributed by atoms with Crippen LogP contribution in [-0.2, 0) is 4.84 Å². The van der Waals surface area contributed by atoms with Crippen LogP contribution < -0.4 is 10.6 Å². The van der Waals surface area contributed by atoms with E-state index in [-0.39, 0.29) is 5.92 Å². The van der Waals surface area contributed by atoms with Gasteiger partial charge in [0.1, 0.15) is 5.75 Å². The first kappa shape index (κ1) is 11.3. The Bertz CT molecular complexity index is 304. The van der Waals surface area contributed by atoms with E-state index < -0.39 is 0 Å². The van der Waals surface area contributed by atoms with Crippen molar-refractivity contribution < 1.29 is 9.57 Å². The molecule has 2 N–H and O–H groups in total. The van der Waals surface area contributed by atoms with Gasteiger partial charge in [-0.15, -0.1) is 0 Å². The molecule has 0 saturated carbocycles. The number of hydrogen-bond donors (Lipinski definition) is 1. The van der Waals surface area contributed by atoms with Crippen LogP contribution in [0.5, 0.6) is 5.75 Å². The molecule has 0 bridgehead atoms. The number of rotatable bonds is 4. The molecule has 0 fully saturated rings. The molecular formula is C10H14ClNO2. The fraction of sp³-hybridized carbons (Fsp3) is 0.400. The minimum absolute atomic E-state index is 0.187. The highest BCUT2D eigenvalue weighted by Gasteiger charge is 2.11. The Morgan fingerprint density at radius 3 is 2.79 bits per heavy atom. The first-order valence-corrected chi connectivity index (χ1v) is 4.72. The van der Waals surface area contributed by atoms with Gasteiger partial charge in [-0.25, -0.2) is 5.90 Å². The van der Waals surface area contributed by atoms with Crippen molar-refractivity contribution in [3.05, 3.63) is 28.8 Å². The Morgan fingerprint density at radius 1 is 1.50 bits per heavy atom. The molecule has 4 heteroatoms. The molecule has 0 radical (unpaired) electrons. The lowest BCUT2D eigenvalue weighted by Gasteiger charge is -2.14. The van der Waals surface area contributed by atoms with E-state index in [9.17, 15) is 0 Å². The first-order valence-electron chi connectivity index (χ1n) is 4.34. The average molecular weight is 216 g/mol. The van der Waals surface area contributed by atoms with Crippen molar-refractivity contribution in [1.29, 1.82) is 0 Å². The first-order chi connectivity index (χ1) is 6.69. The Morgan fingerprint density at radius 2 is 2.21 bits per heavy atom. The maximum absolute atomic E-state index is 5.84. The van der Waals surface area contributed by atoms with E-state index in [1.165, 1.54) is 0 Å². The lowest BCUT2D eigenvalue weighted by atomic mass is 10.0. The van der Waals surface area contributed by atoms with Crippen molar-refractivity contribution in [3.63, 3.8) is 0 Å². The van der Waals surface area contributed by atoms with Gasteiger partial charge in [0.15, 0.2) is 0 Å². The fourth-order valence-electron chi connectivity index (χ4n) is 1.33. The van der Waals surface area contributed by atoms with Crippen molar-refractivity contribution in [2.75, 3.05) is 13.7 Å². The molecule has 78 valence electrons. The Labute approximate surface area is 88.7 Å². The number of ether oxygens (including phenoxy) is 1. The lowest BCUT2D eigenvalue weighted by molar-refractivity contribution is 0.126. The molecule has 0 spiro atoms. The molecule has 0 aliphatic heterocycles. The van der Waals surface area contributed by atoms with Gasteiger partial charge in [-0.05, 0) is 17.7 Å². The molecule has 0 heterocycles. The van der Waals surface area contributed by atoms with E-state index in [0.29, 0.717) is 11.6 Å². The molecule has 1 aromatic carbocycles.